The van der Waals surface area contributed by atoms with Gasteiger partial charge in [0.25, 0.3) is 0 Å². The molecule has 6 nitrogen and oxygen atoms in total. The number of nitrogens with zero attached hydrogens (tertiary/aromatic N) is 6. The number of benzene rings is 9. The molecule has 3 fully saturated rings. The van der Waals surface area contributed by atoms with Gasteiger partial charge in [0.1, 0.15) is 27.9 Å². The Kier molecular flexibility index (Phi) is 20.4. The van der Waals surface area contributed by atoms with Crippen LogP contribution in [0.5, 0.6) is 0 Å². The Hall–Kier alpha value is -4.09. The van der Waals surface area contributed by atoms with Crippen LogP contribution in [0.3, 0.4) is 0 Å². The third-order valence-corrected chi connectivity index (χ3v) is 24.0. The van der Waals surface area contributed by atoms with Crippen LogP contribution in [0.2, 0.25) is 0 Å². The first kappa shape index (κ1) is 72.1. The Morgan fingerprint density at radius 2 is 0.784 bits per heavy atom. The second kappa shape index (κ2) is 28.8. The molecule has 15 aromatic rings. The minimum absolute atomic E-state index is 0. The smallest absolute Gasteiger partial charge is 0.407 e. The van der Waals surface area contributed by atoms with E-state index in [2.05, 4.69) is 246 Å². The molecule has 0 amide bonds. The van der Waals surface area contributed by atoms with E-state index in [1.54, 1.807) is 0 Å². The average Bonchev–Trinajstić information content (AvgIpc) is 1.49. The molecular weight excluding hydrogens is 2150 g/mol. The molecule has 3 aliphatic heterocycles. The van der Waals surface area contributed by atoms with Crippen LogP contribution < -0.4 is 13.7 Å². The number of pyridine rings is 3. The molecule has 0 spiro atoms. The van der Waals surface area contributed by atoms with Gasteiger partial charge in [0.15, 0.2) is 11.6 Å². The topological polar surface area (TPSA) is 26.4 Å². The van der Waals surface area contributed by atoms with Crippen molar-refractivity contribution in [2.45, 2.75) is 77.0 Å². The van der Waals surface area contributed by atoms with E-state index >= 15 is 0 Å². The van der Waals surface area contributed by atoms with Crippen molar-refractivity contribution in [1.82, 2.24) is 13.7 Å². The van der Waals surface area contributed by atoms with Gasteiger partial charge in [-0.2, -0.15) is 66.2 Å². The van der Waals surface area contributed by atoms with Crippen LogP contribution in [0.4, 0.5) is 0 Å². The first-order valence-corrected chi connectivity index (χ1v) is 35.3. The second-order valence-electron chi connectivity index (χ2n) is 28.7. The third kappa shape index (κ3) is 10.9. The summed E-state index contributed by atoms with van der Waals surface area (Å²) in [5.74, 6) is 7.83. The van der Waals surface area contributed by atoms with Gasteiger partial charge < -0.3 is 13.7 Å². The van der Waals surface area contributed by atoms with Gasteiger partial charge in [0, 0.05) is 132 Å². The zero-order valence-corrected chi connectivity index (χ0v) is 77.7. The maximum Gasteiger partial charge on any atom is 2.00 e. The van der Waals surface area contributed by atoms with Crippen LogP contribution in [0, 0.1) is 184 Å². The van der Waals surface area contributed by atoms with E-state index in [9.17, 15) is 0 Å². The summed E-state index contributed by atoms with van der Waals surface area (Å²) in [6.07, 6.45) is 21.6. The largest absolute Gasteiger partial charge is 2.00 e. The summed E-state index contributed by atoms with van der Waals surface area (Å²) < 4.78 is 14.9. The fourth-order valence-corrected chi connectivity index (χ4v) is 20.2. The van der Waals surface area contributed by atoms with E-state index in [0.717, 1.165) is 51.3 Å². The summed E-state index contributed by atoms with van der Waals surface area (Å²) in [6.45, 7) is 0. The second-order valence-corrected chi connectivity index (χ2v) is 28.7. The summed E-state index contributed by atoms with van der Waals surface area (Å²) >= 11 is 0. The fourth-order valence-electron chi connectivity index (χ4n) is 20.2. The Morgan fingerprint density at radius 3 is 1.30 bits per heavy atom. The molecule has 6 aromatic heterocycles. The van der Waals surface area contributed by atoms with E-state index in [1.807, 2.05) is 36.4 Å². The number of rotatable bonds is 3. The van der Waals surface area contributed by atoms with Crippen molar-refractivity contribution in [3.05, 3.63) is 307 Å². The van der Waals surface area contributed by atoms with E-state index in [-0.39, 0.29) is 191 Å². The van der Waals surface area contributed by atoms with Crippen LogP contribution in [-0.4, -0.2) is 13.7 Å². The standard InChI is InChI=1S/3C30H22N2.3U.3Y/c1-2-8-19(9-3-1)25-14-7-15-27-31(25)29-22-12-6-10-20(22)18-21-16-17-24-23-11-4-5-13-26(23)32(27)30(24)28(21)29;1-2-7-19(8-3-1)22-14-16-27-31(18-22)29-23-11-6-9-20(23)17-21-13-15-25-24-10-4-5-12-26(24)32(27)30(25)28(21)29;1-2-7-19(8-3-1)20-15-16-31-27(18-20)32-26-12-5-4-10-24(26)25-14-13-22-17-21-9-6-11-23(21)29(31)28(22)30(25)32;;;;;;/h1-5,7-8,11,13,15-17,20,22H,6,10,12,18H2;1-5,7,10,12-16,20,23H,6,9,11,17H2;1-5,7,10,12-14,16,18,21,23H,6,9,11,17H2;;;;;;/q3*-2;3*+2;;;. The molecule has 3 saturated carbocycles. The summed E-state index contributed by atoms with van der Waals surface area (Å²) in [7, 11) is 0. The number of hydrogen-bond acceptors (Lipinski definition) is 0. The monoisotopic (exact) mass is 2210 g/mol. The van der Waals surface area contributed by atoms with Gasteiger partial charge in [-0.3, -0.25) is 36.0 Å². The van der Waals surface area contributed by atoms with Gasteiger partial charge in [-0.05, 0) is 130 Å². The summed E-state index contributed by atoms with van der Waals surface area (Å²) in [5, 5.41) is 8.15. The van der Waals surface area contributed by atoms with Crippen molar-refractivity contribution in [1.29, 1.82) is 0 Å². The Bertz CT molecular complexity index is 5710. The van der Waals surface area contributed by atoms with Crippen molar-refractivity contribution in [2.24, 2.45) is 35.5 Å². The van der Waals surface area contributed by atoms with Crippen molar-refractivity contribution in [3.8, 4) is 51.0 Å². The van der Waals surface area contributed by atoms with Gasteiger partial charge in [-0.15, -0.1) is 30.3 Å². The average molecular weight is 2210 g/mol. The molecular formula is C90H66N6U3Y3. The summed E-state index contributed by atoms with van der Waals surface area (Å²) in [4.78, 5) is 0. The van der Waals surface area contributed by atoms with E-state index in [1.165, 1.54) is 211 Å². The van der Waals surface area contributed by atoms with E-state index in [0.29, 0.717) is 17.8 Å². The molecule has 102 heavy (non-hydrogen) atoms. The minimum Gasteiger partial charge on any atom is -0.407 e. The number of aromatic nitrogens is 6. The summed E-state index contributed by atoms with van der Waals surface area (Å²) in [5.41, 5.74) is 23.7. The molecule has 12 heteroatoms. The first-order chi connectivity index (χ1) is 47.7. The molecule has 24 rings (SSSR count). The number of hydrogen-bond donors (Lipinski definition) is 0. The van der Waals surface area contributed by atoms with Crippen LogP contribution >= 0.6 is 0 Å². The van der Waals surface area contributed by atoms with Gasteiger partial charge in [-0.25, -0.2) is 42.5 Å². The minimum atomic E-state index is 0. The molecule has 3 radical (unpaired) electrons. The SMILES string of the molecule is [U+2].[U+2].[U+2].[Y].[Y].[Y].[c-]1ccccc1-c1[c-][n+]2c(cc1)-n1c3ccccc3c3ccc4c(c31)[C-]2C1CCCC1C4.[c-]1ccccc1-c1[c-]c[n+]2c(c1)-n1c3ccccc3c3ccc4c(c31)[C-]2C1CCCC1C4.[c-]1ccccc1-c1[c-]ccc2[n+]1[C-]1c3c(ccc4c5ccccc5n-2c34)CC2CCCC12. The third-order valence-electron chi connectivity index (χ3n) is 24.0. The van der Waals surface area contributed by atoms with Crippen molar-refractivity contribution in [3.63, 3.8) is 0 Å². The van der Waals surface area contributed by atoms with Crippen molar-refractivity contribution in [2.75, 3.05) is 0 Å². The predicted molar refractivity (Wildman–Crippen MR) is 379 cm³/mol. The molecule has 9 aliphatic rings. The molecule has 9 heterocycles. The van der Waals surface area contributed by atoms with Crippen LogP contribution in [0.25, 0.3) is 116 Å². The Balaban J connectivity index is 0.000000115. The van der Waals surface area contributed by atoms with Gasteiger partial charge in [0.2, 0.25) is 0 Å². The summed E-state index contributed by atoms with van der Waals surface area (Å²) in [6, 6.07) is 98.9. The molecule has 477 valence electrons. The number of fused-ring (bicyclic) bond motifs is 24. The van der Waals surface area contributed by atoms with Crippen LogP contribution in [0.1, 0.15) is 91.2 Å². The van der Waals surface area contributed by atoms with E-state index < -0.39 is 0 Å². The molecule has 0 N–H and O–H groups in total. The molecule has 6 atom stereocenters. The van der Waals surface area contributed by atoms with Gasteiger partial charge in [-0.1, -0.05) is 160 Å². The zero-order valence-electron chi connectivity index (χ0n) is 56.6. The quantitative estimate of drug-likeness (QED) is 0.125. The zero-order chi connectivity index (χ0) is 62.4. The van der Waals surface area contributed by atoms with Crippen molar-refractivity contribution < 1.29 is 205 Å². The fraction of sp³-hybridized carbons (Fsp3) is 0.200. The molecule has 9 aromatic carbocycles. The van der Waals surface area contributed by atoms with E-state index in [4.69, 9.17) is 0 Å². The van der Waals surface area contributed by atoms with Crippen LogP contribution in [-0.2, 0) is 117 Å². The molecule has 6 unspecified atom stereocenters. The Morgan fingerprint density at radius 1 is 0.343 bits per heavy atom. The normalized spacial score (nSPS) is 19.4. The predicted octanol–water partition coefficient (Wildman–Crippen LogP) is 18.2. The van der Waals surface area contributed by atoms with Crippen LogP contribution in [0.15, 0.2) is 219 Å². The van der Waals surface area contributed by atoms with Crippen molar-refractivity contribution >= 4 is 65.4 Å². The Labute approximate surface area is 743 Å². The maximum absolute atomic E-state index is 3.82. The van der Waals surface area contributed by atoms with Gasteiger partial charge >= 0.3 is 93.3 Å². The number of para-hydroxylation sites is 3. The maximum atomic E-state index is 3.82. The van der Waals surface area contributed by atoms with Gasteiger partial charge in [0.05, 0.1) is 11.0 Å². The first-order valence-electron chi connectivity index (χ1n) is 35.3. The molecule has 6 aliphatic carbocycles. The molecule has 0 saturated heterocycles. The molecule has 0 bridgehead atoms.